The van der Waals surface area contributed by atoms with Gasteiger partial charge >= 0.3 is 0 Å². The topological polar surface area (TPSA) is 86.5 Å². The number of nitrogens with two attached hydrogens (primary N) is 1. The summed E-state index contributed by atoms with van der Waals surface area (Å²) in [5, 5.41) is 5.36. The highest BCUT2D eigenvalue weighted by Crippen LogP contribution is 2.36. The number of thiazole rings is 1. The van der Waals surface area contributed by atoms with Gasteiger partial charge in [-0.15, -0.1) is 23.7 Å². The highest BCUT2D eigenvalue weighted by Gasteiger charge is 2.15. The second-order valence-electron chi connectivity index (χ2n) is 4.31. The number of aromatic nitrogens is 1. The van der Waals surface area contributed by atoms with Gasteiger partial charge in [-0.05, 0) is 22.5 Å². The van der Waals surface area contributed by atoms with E-state index in [9.17, 15) is 4.79 Å². The molecule has 2 rings (SSSR count). The number of methoxy groups -OCH3 is 2. The number of ether oxygens (including phenoxy) is 2. The van der Waals surface area contributed by atoms with Crippen LogP contribution in [0.25, 0.3) is 0 Å². The van der Waals surface area contributed by atoms with Crippen molar-refractivity contribution in [3.63, 3.8) is 0 Å². The smallest absolute Gasteiger partial charge is 0.275 e. The summed E-state index contributed by atoms with van der Waals surface area (Å²) in [6.07, 6.45) is 0.665. The van der Waals surface area contributed by atoms with E-state index < -0.39 is 0 Å². The molecular weight excluding hydrogens is 406 g/mol. The minimum atomic E-state index is -0.285. The van der Waals surface area contributed by atoms with Gasteiger partial charge in [0.15, 0.2) is 11.5 Å². The molecule has 0 saturated carbocycles. The van der Waals surface area contributed by atoms with Gasteiger partial charge in [0.25, 0.3) is 5.91 Å². The fraction of sp³-hybridized carbons (Fsp3) is 0.286. The number of rotatable bonds is 6. The molecule has 0 unspecified atom stereocenters. The zero-order valence-corrected chi connectivity index (χ0v) is 15.8. The van der Waals surface area contributed by atoms with Gasteiger partial charge in [-0.3, -0.25) is 4.79 Å². The van der Waals surface area contributed by atoms with Crippen LogP contribution in [0.5, 0.6) is 11.5 Å². The lowest BCUT2D eigenvalue weighted by atomic mass is 10.2. The summed E-state index contributed by atoms with van der Waals surface area (Å²) in [6.45, 7) is 0.510. The van der Waals surface area contributed by atoms with Crippen LogP contribution in [0.15, 0.2) is 22.0 Å². The molecule has 3 N–H and O–H groups in total. The molecule has 0 saturated heterocycles. The Hall–Kier alpha value is -1.35. The molecule has 0 aliphatic heterocycles. The van der Waals surface area contributed by atoms with Crippen LogP contribution in [-0.4, -0.2) is 31.7 Å². The minimum Gasteiger partial charge on any atom is -0.493 e. The molecule has 2 aromatic rings. The first-order valence-electron chi connectivity index (χ1n) is 6.46. The maximum absolute atomic E-state index is 12.2. The molecule has 0 aliphatic rings. The average Bonchev–Trinajstić information content (AvgIpc) is 2.98. The third kappa shape index (κ3) is 4.81. The number of carbonyl (C=O) groups is 1. The van der Waals surface area contributed by atoms with Gasteiger partial charge in [-0.25, -0.2) is 4.98 Å². The van der Waals surface area contributed by atoms with Crippen molar-refractivity contribution in [3.05, 3.63) is 32.7 Å². The van der Waals surface area contributed by atoms with E-state index in [1.165, 1.54) is 18.4 Å². The first-order valence-corrected chi connectivity index (χ1v) is 8.13. The van der Waals surface area contributed by atoms with Crippen LogP contribution in [-0.2, 0) is 6.42 Å². The van der Waals surface area contributed by atoms with Crippen LogP contribution >= 0.6 is 39.7 Å². The molecule has 126 valence electrons. The number of benzene rings is 1. The normalized spacial score (nSPS) is 9.91. The molecule has 0 radical (unpaired) electrons. The lowest BCUT2D eigenvalue weighted by Gasteiger charge is -2.12. The Morgan fingerprint density at radius 1 is 1.35 bits per heavy atom. The van der Waals surface area contributed by atoms with Gasteiger partial charge in [0, 0.05) is 28.4 Å². The van der Waals surface area contributed by atoms with Gasteiger partial charge in [0.05, 0.1) is 24.9 Å². The van der Waals surface area contributed by atoms with Gasteiger partial charge < -0.3 is 20.5 Å². The van der Waals surface area contributed by atoms with Crippen molar-refractivity contribution < 1.29 is 14.3 Å². The molecule has 0 spiro atoms. The number of hydrogen-bond acceptors (Lipinski definition) is 6. The third-order valence-electron chi connectivity index (χ3n) is 2.86. The molecule has 0 fully saturated rings. The summed E-state index contributed by atoms with van der Waals surface area (Å²) in [6, 6.07) is 3.42. The van der Waals surface area contributed by atoms with E-state index in [-0.39, 0.29) is 18.3 Å². The highest BCUT2D eigenvalue weighted by molar-refractivity contribution is 9.10. The Morgan fingerprint density at radius 2 is 2.00 bits per heavy atom. The summed E-state index contributed by atoms with van der Waals surface area (Å²) in [5.41, 5.74) is 6.43. The Bertz CT molecular complexity index is 681. The summed E-state index contributed by atoms with van der Waals surface area (Å²) in [4.78, 5) is 16.5. The van der Waals surface area contributed by atoms with Crippen molar-refractivity contribution in [2.24, 2.45) is 5.73 Å². The number of nitrogens with one attached hydrogen (secondary N) is 1. The van der Waals surface area contributed by atoms with Crippen molar-refractivity contribution in [2.45, 2.75) is 6.42 Å². The predicted octanol–water partition coefficient (Wildman–Crippen LogP) is 3.10. The second kappa shape index (κ2) is 9.07. The Morgan fingerprint density at radius 3 is 2.61 bits per heavy atom. The molecule has 6 nitrogen and oxygen atoms in total. The number of halogens is 2. The highest BCUT2D eigenvalue weighted by atomic mass is 79.9. The van der Waals surface area contributed by atoms with Crippen molar-refractivity contribution in [1.82, 2.24) is 4.98 Å². The predicted molar refractivity (Wildman–Crippen MR) is 97.3 cm³/mol. The van der Waals surface area contributed by atoms with Crippen LogP contribution in [0.3, 0.4) is 0 Å². The second-order valence-corrected chi connectivity index (χ2v) is 6.10. The molecule has 0 aliphatic carbocycles. The first-order chi connectivity index (χ1) is 10.6. The van der Waals surface area contributed by atoms with Crippen molar-refractivity contribution >= 4 is 51.3 Å². The van der Waals surface area contributed by atoms with E-state index in [1.807, 2.05) is 0 Å². The van der Waals surface area contributed by atoms with Gasteiger partial charge in [0.1, 0.15) is 5.69 Å². The molecule has 1 amide bonds. The Labute approximate surface area is 152 Å². The van der Waals surface area contributed by atoms with Gasteiger partial charge in [-0.1, -0.05) is 0 Å². The first kappa shape index (κ1) is 19.7. The van der Waals surface area contributed by atoms with Crippen LogP contribution in [0.2, 0.25) is 0 Å². The number of nitrogens with zero attached hydrogens (tertiary/aromatic N) is 1. The Balaban J connectivity index is 0.00000264. The lowest BCUT2D eigenvalue weighted by Crippen LogP contribution is -2.13. The summed E-state index contributed by atoms with van der Waals surface area (Å²) >= 11 is 4.82. The van der Waals surface area contributed by atoms with Crippen molar-refractivity contribution in [3.8, 4) is 11.5 Å². The van der Waals surface area contributed by atoms with Crippen molar-refractivity contribution in [1.29, 1.82) is 0 Å². The van der Waals surface area contributed by atoms with E-state index in [1.54, 1.807) is 24.6 Å². The summed E-state index contributed by atoms with van der Waals surface area (Å²) in [5.74, 6) is 0.821. The maximum Gasteiger partial charge on any atom is 0.275 e. The van der Waals surface area contributed by atoms with Crippen LogP contribution in [0.1, 0.15) is 15.5 Å². The molecule has 1 heterocycles. The van der Waals surface area contributed by atoms with E-state index in [4.69, 9.17) is 15.2 Å². The fourth-order valence-electron chi connectivity index (χ4n) is 1.79. The van der Waals surface area contributed by atoms with Gasteiger partial charge in [0.2, 0.25) is 0 Å². The molecule has 1 aromatic heterocycles. The summed E-state index contributed by atoms with van der Waals surface area (Å²) < 4.78 is 11.1. The summed E-state index contributed by atoms with van der Waals surface area (Å²) in [7, 11) is 3.09. The minimum absolute atomic E-state index is 0. The van der Waals surface area contributed by atoms with Crippen molar-refractivity contribution in [2.75, 3.05) is 26.1 Å². The number of hydrogen-bond donors (Lipinski definition) is 2. The standard InChI is InChI=1S/C14H16BrN3O3S.ClH/c1-20-11-5-8(15)9(6-12(11)21-2)18-14(19)10-7-22-13(17-10)3-4-16;/h5-7H,3-4,16H2,1-2H3,(H,18,19);1H. The number of carbonyl (C=O) groups excluding carboxylic acids is 1. The largest absolute Gasteiger partial charge is 0.493 e. The quantitative estimate of drug-likeness (QED) is 0.747. The zero-order valence-electron chi connectivity index (χ0n) is 12.6. The zero-order chi connectivity index (χ0) is 16.1. The molecular formula is C14H17BrClN3O3S. The van der Waals surface area contributed by atoms with E-state index in [2.05, 4.69) is 26.2 Å². The molecule has 0 atom stereocenters. The van der Waals surface area contributed by atoms with E-state index in [0.29, 0.717) is 40.3 Å². The van der Waals surface area contributed by atoms with E-state index >= 15 is 0 Å². The Kier molecular flexibility index (Phi) is 7.77. The lowest BCUT2D eigenvalue weighted by molar-refractivity contribution is 0.102. The molecule has 0 bridgehead atoms. The number of amides is 1. The SMILES string of the molecule is COc1cc(Br)c(NC(=O)c2csc(CCN)n2)cc1OC.Cl. The number of anilines is 1. The monoisotopic (exact) mass is 421 g/mol. The fourth-order valence-corrected chi connectivity index (χ4v) is 3.01. The average molecular weight is 423 g/mol. The van der Waals surface area contributed by atoms with Crippen LogP contribution in [0, 0.1) is 0 Å². The van der Waals surface area contributed by atoms with Gasteiger partial charge in [-0.2, -0.15) is 0 Å². The maximum atomic E-state index is 12.2. The van der Waals surface area contributed by atoms with Crippen LogP contribution < -0.4 is 20.5 Å². The molecule has 9 heteroatoms. The van der Waals surface area contributed by atoms with E-state index in [0.717, 1.165) is 5.01 Å². The molecule has 23 heavy (non-hydrogen) atoms. The third-order valence-corrected chi connectivity index (χ3v) is 4.43. The molecule has 1 aromatic carbocycles. The van der Waals surface area contributed by atoms with Crippen LogP contribution in [0.4, 0.5) is 5.69 Å².